The van der Waals surface area contributed by atoms with E-state index in [2.05, 4.69) is 36.3 Å². The van der Waals surface area contributed by atoms with Crippen molar-refractivity contribution in [1.82, 2.24) is 0 Å². The van der Waals surface area contributed by atoms with Gasteiger partial charge in [-0.3, -0.25) is 0 Å². The van der Waals surface area contributed by atoms with Gasteiger partial charge in [-0.15, -0.1) is 0 Å². The summed E-state index contributed by atoms with van der Waals surface area (Å²) in [5.74, 6) is 1.23. The van der Waals surface area contributed by atoms with Crippen LogP contribution >= 0.6 is 11.8 Å². The lowest BCUT2D eigenvalue weighted by Crippen LogP contribution is -2.31. The molecule has 1 aliphatic heterocycles. The summed E-state index contributed by atoms with van der Waals surface area (Å²) in [5.41, 5.74) is 4.41. The summed E-state index contributed by atoms with van der Waals surface area (Å²) in [4.78, 5) is 2.54. The van der Waals surface area contributed by atoms with Crippen LogP contribution in [0.2, 0.25) is 0 Å². The van der Waals surface area contributed by atoms with E-state index in [-0.39, 0.29) is 0 Å². The monoisotopic (exact) mass is 221 g/mol. The second-order valence-corrected chi connectivity index (χ2v) is 5.20. The molecule has 1 aliphatic rings. The molecule has 0 atom stereocenters. The molecule has 2 heteroatoms. The summed E-state index contributed by atoms with van der Waals surface area (Å²) in [7, 11) is 0. The molecule has 0 N–H and O–H groups in total. The summed E-state index contributed by atoms with van der Waals surface area (Å²) in [5, 5.41) is 0. The van der Waals surface area contributed by atoms with Crippen molar-refractivity contribution in [3.8, 4) is 0 Å². The number of benzene rings is 1. The van der Waals surface area contributed by atoms with E-state index in [4.69, 9.17) is 0 Å². The van der Waals surface area contributed by atoms with E-state index < -0.39 is 0 Å². The minimum Gasteiger partial charge on any atom is -0.370 e. The molecule has 1 nitrogen and oxygen atoms in total. The molecule has 1 aromatic carbocycles. The second kappa shape index (κ2) is 4.93. The predicted molar refractivity (Wildman–Crippen MR) is 70.1 cm³/mol. The van der Waals surface area contributed by atoms with Gasteiger partial charge >= 0.3 is 0 Å². The first-order valence-corrected chi connectivity index (χ1v) is 7.04. The number of fused-ring (bicyclic) bond motifs is 1. The third kappa shape index (κ3) is 2.49. The third-order valence-electron chi connectivity index (χ3n) is 3.02. The Labute approximate surface area is 96.9 Å². The summed E-state index contributed by atoms with van der Waals surface area (Å²) in [6, 6.07) is 6.88. The van der Waals surface area contributed by atoms with E-state index >= 15 is 0 Å². The summed E-state index contributed by atoms with van der Waals surface area (Å²) < 4.78 is 0. The molecule has 0 bridgehead atoms. The number of anilines is 1. The SMILES string of the molecule is CSCCN1CCCc2cc(C)ccc21. The van der Waals surface area contributed by atoms with Gasteiger partial charge in [0.1, 0.15) is 0 Å². The minimum atomic E-state index is 1.19. The first kappa shape index (κ1) is 10.9. The zero-order chi connectivity index (χ0) is 10.7. The Morgan fingerprint density at radius 3 is 3.07 bits per heavy atom. The fourth-order valence-electron chi connectivity index (χ4n) is 2.24. The maximum Gasteiger partial charge on any atom is 0.0399 e. The lowest BCUT2D eigenvalue weighted by Gasteiger charge is -2.31. The molecule has 0 aromatic heterocycles. The van der Waals surface area contributed by atoms with Crippen molar-refractivity contribution >= 4 is 17.4 Å². The summed E-state index contributed by atoms with van der Waals surface area (Å²) in [6.45, 7) is 4.61. The topological polar surface area (TPSA) is 3.24 Å². The van der Waals surface area contributed by atoms with E-state index in [1.807, 2.05) is 11.8 Å². The van der Waals surface area contributed by atoms with Gasteiger partial charge in [0, 0.05) is 24.5 Å². The Bertz CT molecular complexity index is 335. The largest absolute Gasteiger partial charge is 0.370 e. The van der Waals surface area contributed by atoms with Gasteiger partial charge in [-0.05, 0) is 37.7 Å². The highest BCUT2D eigenvalue weighted by Crippen LogP contribution is 2.27. The van der Waals surface area contributed by atoms with Crippen LogP contribution in [0.4, 0.5) is 5.69 Å². The number of hydrogen-bond donors (Lipinski definition) is 0. The van der Waals surface area contributed by atoms with Crippen LogP contribution in [0.1, 0.15) is 17.5 Å². The fourth-order valence-corrected chi connectivity index (χ4v) is 2.64. The van der Waals surface area contributed by atoms with E-state index in [1.54, 1.807) is 5.56 Å². The number of nitrogens with zero attached hydrogens (tertiary/aromatic N) is 1. The van der Waals surface area contributed by atoms with Gasteiger partial charge in [0.25, 0.3) is 0 Å². The van der Waals surface area contributed by atoms with Crippen LogP contribution in [-0.4, -0.2) is 25.1 Å². The molecule has 0 saturated carbocycles. The molecule has 0 aliphatic carbocycles. The molecule has 1 heterocycles. The van der Waals surface area contributed by atoms with Gasteiger partial charge in [0.15, 0.2) is 0 Å². The van der Waals surface area contributed by atoms with E-state index in [0.717, 1.165) is 0 Å². The van der Waals surface area contributed by atoms with Crippen molar-refractivity contribution in [2.75, 3.05) is 30.0 Å². The Hall–Kier alpha value is -0.630. The van der Waals surface area contributed by atoms with Crippen LogP contribution in [0.5, 0.6) is 0 Å². The molecule has 2 rings (SSSR count). The highest BCUT2D eigenvalue weighted by molar-refractivity contribution is 7.98. The van der Waals surface area contributed by atoms with Crippen molar-refractivity contribution in [2.24, 2.45) is 0 Å². The molecule has 0 radical (unpaired) electrons. The zero-order valence-corrected chi connectivity index (χ0v) is 10.4. The fraction of sp³-hybridized carbons (Fsp3) is 0.538. The standard InChI is InChI=1S/C13H19NS/c1-11-5-6-13-12(10-11)4-3-7-14(13)8-9-15-2/h5-6,10H,3-4,7-9H2,1-2H3. The lowest BCUT2D eigenvalue weighted by atomic mass is 10.00. The smallest absolute Gasteiger partial charge is 0.0399 e. The van der Waals surface area contributed by atoms with E-state index in [0.29, 0.717) is 0 Å². The van der Waals surface area contributed by atoms with Gasteiger partial charge in [-0.25, -0.2) is 0 Å². The molecular weight excluding hydrogens is 202 g/mol. The molecule has 0 fully saturated rings. The molecule has 1 aromatic rings. The highest BCUT2D eigenvalue weighted by Gasteiger charge is 2.15. The Kier molecular flexibility index (Phi) is 3.57. The number of thioether (sulfide) groups is 1. The first-order chi connectivity index (χ1) is 7.31. The molecule has 0 spiro atoms. The van der Waals surface area contributed by atoms with Crippen LogP contribution < -0.4 is 4.90 Å². The van der Waals surface area contributed by atoms with E-state index in [1.165, 1.54) is 42.9 Å². The predicted octanol–water partition coefficient (Wildman–Crippen LogP) is 3.11. The maximum atomic E-state index is 2.54. The summed E-state index contributed by atoms with van der Waals surface area (Å²) in [6.07, 6.45) is 4.75. The Morgan fingerprint density at radius 1 is 1.40 bits per heavy atom. The molecule has 82 valence electrons. The van der Waals surface area contributed by atoms with Crippen molar-refractivity contribution < 1.29 is 0 Å². The summed E-state index contributed by atoms with van der Waals surface area (Å²) >= 11 is 1.93. The quantitative estimate of drug-likeness (QED) is 0.771. The Balaban J connectivity index is 2.18. The number of rotatable bonds is 3. The van der Waals surface area contributed by atoms with Gasteiger partial charge in [-0.1, -0.05) is 17.7 Å². The van der Waals surface area contributed by atoms with Crippen molar-refractivity contribution in [3.05, 3.63) is 29.3 Å². The van der Waals surface area contributed by atoms with Gasteiger partial charge in [0.05, 0.1) is 0 Å². The van der Waals surface area contributed by atoms with Crippen molar-refractivity contribution in [2.45, 2.75) is 19.8 Å². The van der Waals surface area contributed by atoms with Crippen LogP contribution in [0.15, 0.2) is 18.2 Å². The van der Waals surface area contributed by atoms with Gasteiger partial charge < -0.3 is 4.90 Å². The van der Waals surface area contributed by atoms with Crippen LogP contribution in [0, 0.1) is 6.92 Å². The van der Waals surface area contributed by atoms with E-state index in [9.17, 15) is 0 Å². The lowest BCUT2D eigenvalue weighted by molar-refractivity contribution is 0.710. The van der Waals surface area contributed by atoms with Gasteiger partial charge in [-0.2, -0.15) is 11.8 Å². The van der Waals surface area contributed by atoms with Crippen molar-refractivity contribution in [3.63, 3.8) is 0 Å². The van der Waals surface area contributed by atoms with Crippen LogP contribution in [0.25, 0.3) is 0 Å². The van der Waals surface area contributed by atoms with Crippen molar-refractivity contribution in [1.29, 1.82) is 0 Å². The number of aryl methyl sites for hydroxylation is 2. The van der Waals surface area contributed by atoms with Gasteiger partial charge in [0.2, 0.25) is 0 Å². The van der Waals surface area contributed by atoms with Crippen LogP contribution in [0.3, 0.4) is 0 Å². The minimum absolute atomic E-state index is 1.19. The van der Waals surface area contributed by atoms with Crippen LogP contribution in [-0.2, 0) is 6.42 Å². The maximum absolute atomic E-state index is 2.54. The zero-order valence-electron chi connectivity index (χ0n) is 9.62. The average molecular weight is 221 g/mol. The second-order valence-electron chi connectivity index (χ2n) is 4.22. The molecule has 15 heavy (non-hydrogen) atoms. The first-order valence-electron chi connectivity index (χ1n) is 5.64. The normalized spacial score (nSPS) is 15.2. The molecule has 0 amide bonds. The molecule has 0 saturated heterocycles. The Morgan fingerprint density at radius 2 is 2.27 bits per heavy atom. The third-order valence-corrected chi connectivity index (χ3v) is 3.61. The molecular formula is C13H19NS. The number of hydrogen-bond acceptors (Lipinski definition) is 2. The average Bonchev–Trinajstić information content (AvgIpc) is 2.25. The molecule has 0 unspecified atom stereocenters. The highest BCUT2D eigenvalue weighted by atomic mass is 32.2.